The Morgan fingerprint density at radius 1 is 1.00 bits per heavy atom. The van der Waals surface area contributed by atoms with Crippen LogP contribution in [0.2, 0.25) is 0 Å². The van der Waals surface area contributed by atoms with E-state index in [1.165, 1.54) is 0 Å². The molecule has 0 spiro atoms. The topological polar surface area (TPSA) is 60.0 Å². The van der Waals surface area contributed by atoms with Crippen LogP contribution < -0.4 is 4.90 Å². The number of aromatic nitrogens is 1. The molecule has 1 aromatic heterocycles. The zero-order valence-electron chi connectivity index (χ0n) is 15.1. The summed E-state index contributed by atoms with van der Waals surface area (Å²) in [5.41, 5.74) is 1.56. The molecule has 1 aromatic rings. The van der Waals surface area contributed by atoms with Gasteiger partial charge < -0.3 is 19.6 Å². The second-order valence-electron chi connectivity index (χ2n) is 6.62. The van der Waals surface area contributed by atoms with Gasteiger partial charge in [0.25, 0.3) is 5.91 Å². The summed E-state index contributed by atoms with van der Waals surface area (Å²) in [5, 5.41) is 0. The molecule has 0 aliphatic carbocycles. The number of piperazine rings is 2. The first-order chi connectivity index (χ1) is 12.1. The summed E-state index contributed by atoms with van der Waals surface area (Å²) in [7, 11) is 0. The minimum atomic E-state index is -0.0442. The Labute approximate surface area is 149 Å². The summed E-state index contributed by atoms with van der Waals surface area (Å²) in [6.07, 6.45) is 1.72. The van der Waals surface area contributed by atoms with Crippen molar-refractivity contribution in [2.75, 3.05) is 63.8 Å². The molecule has 2 aliphatic rings. The maximum atomic E-state index is 12.7. The molecule has 2 saturated heterocycles. The highest BCUT2D eigenvalue weighted by Crippen LogP contribution is 2.18. The standard InChI is InChI=1S/C18H27N5O2/c1-3-20-6-8-22(9-7-20)16-4-5-19-17(14-16)18(25)23-12-10-21(11-13-23)15(2)24/h4-5,14H,3,6-13H2,1-2H3. The number of carbonyl (C=O) groups is 2. The molecule has 3 heterocycles. The van der Waals surface area contributed by atoms with E-state index in [1.807, 2.05) is 12.1 Å². The number of nitrogens with zero attached hydrogens (tertiary/aromatic N) is 5. The molecule has 25 heavy (non-hydrogen) atoms. The van der Waals surface area contributed by atoms with Gasteiger partial charge in [-0.15, -0.1) is 0 Å². The smallest absolute Gasteiger partial charge is 0.272 e. The fraction of sp³-hybridized carbons (Fsp3) is 0.611. The largest absolute Gasteiger partial charge is 0.369 e. The highest BCUT2D eigenvalue weighted by atomic mass is 16.2. The summed E-state index contributed by atoms with van der Waals surface area (Å²) < 4.78 is 0. The molecule has 2 amide bonds. The molecule has 7 nitrogen and oxygen atoms in total. The molecule has 0 atom stereocenters. The minimum Gasteiger partial charge on any atom is -0.369 e. The van der Waals surface area contributed by atoms with Crippen LogP contribution in [0.1, 0.15) is 24.3 Å². The molecule has 0 radical (unpaired) electrons. The number of rotatable bonds is 3. The van der Waals surface area contributed by atoms with Crippen LogP contribution in [0, 0.1) is 0 Å². The highest BCUT2D eigenvalue weighted by molar-refractivity contribution is 5.93. The van der Waals surface area contributed by atoms with Gasteiger partial charge in [0.05, 0.1) is 0 Å². The zero-order valence-corrected chi connectivity index (χ0v) is 15.1. The number of hydrogen-bond donors (Lipinski definition) is 0. The lowest BCUT2D eigenvalue weighted by Crippen LogP contribution is -2.50. The van der Waals surface area contributed by atoms with Crippen molar-refractivity contribution >= 4 is 17.5 Å². The number of hydrogen-bond acceptors (Lipinski definition) is 5. The SMILES string of the molecule is CCN1CCN(c2ccnc(C(=O)N3CCN(C(C)=O)CC3)c2)CC1. The van der Waals surface area contributed by atoms with Crippen LogP contribution in [0.5, 0.6) is 0 Å². The summed E-state index contributed by atoms with van der Waals surface area (Å²) in [5.74, 6) is 0.0238. The van der Waals surface area contributed by atoms with Gasteiger partial charge in [0.15, 0.2) is 0 Å². The van der Waals surface area contributed by atoms with Gasteiger partial charge in [-0.25, -0.2) is 0 Å². The third-order valence-corrected chi connectivity index (χ3v) is 5.16. The molecule has 0 aromatic carbocycles. The first-order valence-electron chi connectivity index (χ1n) is 9.06. The first-order valence-corrected chi connectivity index (χ1v) is 9.06. The molecular weight excluding hydrogens is 318 g/mol. The Hall–Kier alpha value is -2.15. The Kier molecular flexibility index (Phi) is 5.53. The van der Waals surface area contributed by atoms with Gasteiger partial charge in [-0.05, 0) is 18.7 Å². The van der Waals surface area contributed by atoms with E-state index < -0.39 is 0 Å². The van der Waals surface area contributed by atoms with Gasteiger partial charge in [0, 0.05) is 71.2 Å². The van der Waals surface area contributed by atoms with Crippen LogP contribution in [-0.2, 0) is 4.79 Å². The Morgan fingerprint density at radius 3 is 2.24 bits per heavy atom. The average Bonchev–Trinajstić information content (AvgIpc) is 2.67. The molecule has 0 bridgehead atoms. The van der Waals surface area contributed by atoms with E-state index in [1.54, 1.807) is 22.9 Å². The lowest BCUT2D eigenvalue weighted by atomic mass is 10.2. The van der Waals surface area contributed by atoms with Gasteiger partial charge in [-0.1, -0.05) is 6.92 Å². The zero-order chi connectivity index (χ0) is 17.8. The van der Waals surface area contributed by atoms with Gasteiger partial charge in [-0.3, -0.25) is 14.6 Å². The number of pyridine rings is 1. The van der Waals surface area contributed by atoms with Gasteiger partial charge in [0.1, 0.15) is 5.69 Å². The van der Waals surface area contributed by atoms with Crippen LogP contribution in [-0.4, -0.2) is 90.4 Å². The van der Waals surface area contributed by atoms with Crippen LogP contribution >= 0.6 is 0 Å². The Balaban J connectivity index is 1.63. The average molecular weight is 345 g/mol. The van der Waals surface area contributed by atoms with E-state index in [-0.39, 0.29) is 11.8 Å². The molecule has 2 fully saturated rings. The second kappa shape index (κ2) is 7.82. The third-order valence-electron chi connectivity index (χ3n) is 5.16. The molecule has 0 saturated carbocycles. The van der Waals surface area contributed by atoms with Crippen molar-refractivity contribution in [1.82, 2.24) is 19.7 Å². The third kappa shape index (κ3) is 4.10. The number of amides is 2. The van der Waals surface area contributed by atoms with Gasteiger partial charge in [0.2, 0.25) is 5.91 Å². The molecule has 2 aliphatic heterocycles. The number of carbonyl (C=O) groups excluding carboxylic acids is 2. The van der Waals surface area contributed by atoms with Gasteiger partial charge >= 0.3 is 0 Å². The molecule has 7 heteroatoms. The molecular formula is C18H27N5O2. The number of anilines is 1. The molecule has 0 unspecified atom stereocenters. The fourth-order valence-corrected chi connectivity index (χ4v) is 3.44. The fourth-order valence-electron chi connectivity index (χ4n) is 3.44. The van der Waals surface area contributed by atoms with E-state index in [4.69, 9.17) is 0 Å². The van der Waals surface area contributed by atoms with Gasteiger partial charge in [-0.2, -0.15) is 0 Å². The van der Waals surface area contributed by atoms with E-state index in [2.05, 4.69) is 21.7 Å². The first kappa shape index (κ1) is 17.7. The predicted octanol–water partition coefficient (Wildman–Crippen LogP) is 0.528. The van der Waals surface area contributed by atoms with E-state index >= 15 is 0 Å². The van der Waals surface area contributed by atoms with E-state index in [0.717, 1.165) is 38.4 Å². The Morgan fingerprint density at radius 2 is 1.64 bits per heavy atom. The van der Waals surface area contributed by atoms with Crippen LogP contribution in [0.4, 0.5) is 5.69 Å². The monoisotopic (exact) mass is 345 g/mol. The lowest BCUT2D eigenvalue weighted by molar-refractivity contribution is -0.130. The van der Waals surface area contributed by atoms with Crippen molar-refractivity contribution in [3.8, 4) is 0 Å². The quantitative estimate of drug-likeness (QED) is 0.800. The van der Waals surface area contributed by atoms with Crippen molar-refractivity contribution in [2.24, 2.45) is 0 Å². The maximum Gasteiger partial charge on any atom is 0.272 e. The van der Waals surface area contributed by atoms with Crippen LogP contribution in [0.3, 0.4) is 0 Å². The highest BCUT2D eigenvalue weighted by Gasteiger charge is 2.25. The molecule has 3 rings (SSSR count). The van der Waals surface area contributed by atoms with Crippen LogP contribution in [0.25, 0.3) is 0 Å². The summed E-state index contributed by atoms with van der Waals surface area (Å²) in [6.45, 7) is 11.2. The minimum absolute atomic E-state index is 0.0442. The predicted molar refractivity (Wildman–Crippen MR) is 96.7 cm³/mol. The summed E-state index contributed by atoms with van der Waals surface area (Å²) in [6, 6.07) is 3.88. The summed E-state index contributed by atoms with van der Waals surface area (Å²) in [4.78, 5) is 36.8. The molecule has 0 N–H and O–H groups in total. The van der Waals surface area contributed by atoms with E-state index in [0.29, 0.717) is 31.9 Å². The maximum absolute atomic E-state index is 12.7. The van der Waals surface area contributed by atoms with Crippen molar-refractivity contribution in [1.29, 1.82) is 0 Å². The normalized spacial score (nSPS) is 19.2. The number of likely N-dealkylation sites (N-methyl/N-ethyl adjacent to an activating group) is 1. The van der Waals surface area contributed by atoms with Crippen molar-refractivity contribution < 1.29 is 9.59 Å². The van der Waals surface area contributed by atoms with E-state index in [9.17, 15) is 9.59 Å². The van der Waals surface area contributed by atoms with Crippen molar-refractivity contribution in [3.05, 3.63) is 24.0 Å². The second-order valence-corrected chi connectivity index (χ2v) is 6.62. The van der Waals surface area contributed by atoms with Crippen molar-refractivity contribution in [3.63, 3.8) is 0 Å². The molecule has 136 valence electrons. The Bertz CT molecular complexity index is 620. The lowest BCUT2D eigenvalue weighted by Gasteiger charge is -2.36. The van der Waals surface area contributed by atoms with Crippen LogP contribution in [0.15, 0.2) is 18.3 Å². The van der Waals surface area contributed by atoms with Crippen molar-refractivity contribution in [2.45, 2.75) is 13.8 Å². The summed E-state index contributed by atoms with van der Waals surface area (Å²) >= 11 is 0.